The maximum absolute atomic E-state index is 14.3. The molecule has 36 heavy (non-hydrogen) atoms. The maximum Gasteiger partial charge on any atom is 0.151 e. The number of halogens is 1. The summed E-state index contributed by atoms with van der Waals surface area (Å²) >= 11 is 0. The second-order valence-electron chi connectivity index (χ2n) is 9.09. The van der Waals surface area contributed by atoms with Crippen molar-refractivity contribution in [1.82, 2.24) is 9.97 Å². The lowest BCUT2D eigenvalue weighted by Gasteiger charge is -2.20. The zero-order chi connectivity index (χ0) is 25.4. The Balaban J connectivity index is 1.48. The molecule has 9 nitrogen and oxygen atoms in total. The van der Waals surface area contributed by atoms with E-state index >= 15 is 0 Å². The molecule has 3 heterocycles. The largest absolute Gasteiger partial charge is 0.496 e. The number of nitrogens with zero attached hydrogens (tertiary/aromatic N) is 3. The van der Waals surface area contributed by atoms with Gasteiger partial charge in [-0.2, -0.15) is 4.36 Å². The van der Waals surface area contributed by atoms with Crippen LogP contribution in [0, 0.1) is 5.82 Å². The average Bonchev–Trinajstić information content (AvgIpc) is 3.42. The topological polar surface area (TPSA) is 101 Å². The van der Waals surface area contributed by atoms with E-state index in [2.05, 4.69) is 14.3 Å². The molecule has 3 aromatic rings. The molecule has 11 heteroatoms. The van der Waals surface area contributed by atoms with Crippen LogP contribution >= 0.6 is 0 Å². The van der Waals surface area contributed by atoms with Crippen LogP contribution in [-0.4, -0.2) is 78.5 Å². The van der Waals surface area contributed by atoms with Crippen molar-refractivity contribution in [2.24, 2.45) is 4.36 Å². The van der Waals surface area contributed by atoms with Crippen molar-refractivity contribution < 1.29 is 32.3 Å². The maximum atomic E-state index is 14.3. The Morgan fingerprint density at radius 3 is 2.53 bits per heavy atom. The first-order valence-electron chi connectivity index (χ1n) is 11.5. The third kappa shape index (κ3) is 5.01. The van der Waals surface area contributed by atoms with Crippen LogP contribution in [0.2, 0.25) is 0 Å². The van der Waals surface area contributed by atoms with Crippen LogP contribution in [0.5, 0.6) is 11.5 Å². The second-order valence-corrected chi connectivity index (χ2v) is 11.6. The van der Waals surface area contributed by atoms with Crippen LogP contribution in [0.4, 0.5) is 10.1 Å². The first-order chi connectivity index (χ1) is 17.3. The summed E-state index contributed by atoms with van der Waals surface area (Å²) in [6.07, 6.45) is 3.86. The Kier molecular flexibility index (Phi) is 6.82. The van der Waals surface area contributed by atoms with Gasteiger partial charge in [-0.25, -0.2) is 18.6 Å². The van der Waals surface area contributed by atoms with E-state index in [4.69, 9.17) is 23.7 Å². The smallest absolute Gasteiger partial charge is 0.151 e. The van der Waals surface area contributed by atoms with E-state index in [0.29, 0.717) is 53.4 Å². The summed E-state index contributed by atoms with van der Waals surface area (Å²) in [6.45, 7) is 0.744. The Morgan fingerprint density at radius 2 is 1.81 bits per heavy atom. The molecular formula is C25H28FN3O6S. The zero-order valence-electron chi connectivity index (χ0n) is 20.5. The lowest BCUT2D eigenvalue weighted by Crippen LogP contribution is -2.35. The van der Waals surface area contributed by atoms with Gasteiger partial charge in [0.25, 0.3) is 0 Å². The van der Waals surface area contributed by atoms with E-state index in [9.17, 15) is 8.60 Å². The number of rotatable bonds is 7. The molecule has 0 bridgehead atoms. The van der Waals surface area contributed by atoms with Gasteiger partial charge in [-0.3, -0.25) is 0 Å². The molecule has 192 valence electrons. The summed E-state index contributed by atoms with van der Waals surface area (Å²) in [5.41, 5.74) is 2.52. The van der Waals surface area contributed by atoms with Gasteiger partial charge < -0.3 is 23.7 Å². The minimum atomic E-state index is -2.37. The van der Waals surface area contributed by atoms with Gasteiger partial charge in [0.05, 0.1) is 42.6 Å². The van der Waals surface area contributed by atoms with Gasteiger partial charge in [-0.1, -0.05) is 6.07 Å². The summed E-state index contributed by atoms with van der Waals surface area (Å²) in [5, 5.41) is 0.694. The van der Waals surface area contributed by atoms with Gasteiger partial charge in [-0.15, -0.1) is 0 Å². The molecule has 2 aliphatic heterocycles. The van der Waals surface area contributed by atoms with Crippen molar-refractivity contribution in [3.63, 3.8) is 0 Å². The van der Waals surface area contributed by atoms with Crippen molar-refractivity contribution in [2.75, 3.05) is 39.9 Å². The van der Waals surface area contributed by atoms with Gasteiger partial charge in [0.2, 0.25) is 0 Å². The highest BCUT2D eigenvalue weighted by molar-refractivity contribution is 7.92. The molecule has 0 N–H and O–H groups in total. The third-order valence-corrected chi connectivity index (χ3v) is 6.89. The quantitative estimate of drug-likeness (QED) is 0.471. The molecule has 0 radical (unpaired) electrons. The van der Waals surface area contributed by atoms with Crippen LogP contribution in [-0.2, 0) is 30.4 Å². The molecule has 0 aliphatic carbocycles. The second kappa shape index (κ2) is 9.89. The van der Waals surface area contributed by atoms with Crippen molar-refractivity contribution in [2.45, 2.75) is 30.8 Å². The summed E-state index contributed by atoms with van der Waals surface area (Å²) in [4.78, 5) is 8.86. The number of hydrogen-bond acceptors (Lipinski definition) is 9. The van der Waals surface area contributed by atoms with E-state index in [1.807, 2.05) is 0 Å². The number of aromatic nitrogens is 2. The molecular weight excluding hydrogens is 489 g/mol. The summed E-state index contributed by atoms with van der Waals surface area (Å²) in [6, 6.07) is 7.89. The number of methoxy groups -OCH3 is 2. The van der Waals surface area contributed by atoms with Gasteiger partial charge in [0, 0.05) is 53.5 Å². The van der Waals surface area contributed by atoms with Crippen molar-refractivity contribution in [3.8, 4) is 11.5 Å². The summed E-state index contributed by atoms with van der Waals surface area (Å²) < 4.78 is 59.7. The fraction of sp³-hybridized carbons (Fsp3) is 0.440. The first kappa shape index (κ1) is 24.8. The molecule has 0 spiro atoms. The van der Waals surface area contributed by atoms with E-state index < -0.39 is 21.7 Å². The molecule has 2 aromatic carbocycles. The van der Waals surface area contributed by atoms with Gasteiger partial charge >= 0.3 is 0 Å². The van der Waals surface area contributed by atoms with Crippen LogP contribution in [0.25, 0.3) is 10.9 Å². The zero-order valence-corrected chi connectivity index (χ0v) is 21.3. The molecule has 4 atom stereocenters. The molecule has 0 amide bonds. The van der Waals surface area contributed by atoms with E-state index in [0.717, 1.165) is 5.56 Å². The predicted molar refractivity (Wildman–Crippen MR) is 132 cm³/mol. The molecule has 2 saturated heterocycles. The lowest BCUT2D eigenvalue weighted by molar-refractivity contribution is -0.0139. The normalized spacial score (nSPS) is 23.6. The molecule has 2 aliphatic rings. The van der Waals surface area contributed by atoms with E-state index in [-0.39, 0.29) is 18.3 Å². The molecule has 2 fully saturated rings. The molecule has 5 rings (SSSR count). The minimum absolute atomic E-state index is 0.152. The Labute approximate surface area is 209 Å². The minimum Gasteiger partial charge on any atom is -0.496 e. The molecule has 0 saturated carbocycles. The Morgan fingerprint density at radius 1 is 1.06 bits per heavy atom. The number of ether oxygens (including phenoxy) is 5. The highest BCUT2D eigenvalue weighted by atomic mass is 32.2. The van der Waals surface area contributed by atoms with Crippen LogP contribution in [0.15, 0.2) is 41.0 Å². The van der Waals surface area contributed by atoms with E-state index in [1.54, 1.807) is 44.9 Å². The summed E-state index contributed by atoms with van der Waals surface area (Å²) in [5.74, 6) is 0.486. The van der Waals surface area contributed by atoms with Crippen LogP contribution < -0.4 is 9.47 Å². The number of fused-ring (bicyclic) bond motifs is 2. The lowest BCUT2D eigenvalue weighted by atomic mass is 10.0. The van der Waals surface area contributed by atoms with Crippen molar-refractivity contribution >= 4 is 26.3 Å². The average molecular weight is 518 g/mol. The van der Waals surface area contributed by atoms with Gasteiger partial charge in [-0.05, 0) is 12.1 Å². The molecule has 0 unspecified atom stereocenters. The van der Waals surface area contributed by atoms with Crippen LogP contribution in [0.3, 0.4) is 0 Å². The summed E-state index contributed by atoms with van der Waals surface area (Å²) in [7, 11) is 0.801. The fourth-order valence-corrected chi connectivity index (χ4v) is 5.28. The molecule has 1 aromatic heterocycles. The SMILES string of the molecule is COc1cc(N=S(C)(C)=O)cc2ncnc(Cc3ccc(F)cc3O[C@@H]3CO[C@H]4[C@@H]3OC[C@H]4OC)c12. The van der Waals surface area contributed by atoms with Gasteiger partial charge in [0.1, 0.15) is 42.0 Å². The standard InChI is InChI=1S/C25H28FN3O6S/c1-31-20-10-16(29-36(3,4)30)9-18-23(20)17(27-13-28-18)7-14-5-6-15(26)8-19(14)35-22-12-34-24-21(32-2)11-33-25(22)24/h5-6,8-10,13,21-22,24-25H,7,11-12H2,1-4H3/t21-,22-,24-,25-/m1/s1. The Hall–Kier alpha value is -2.86. The predicted octanol–water partition coefficient (Wildman–Crippen LogP) is 3.29. The number of hydrogen-bond donors (Lipinski definition) is 0. The van der Waals surface area contributed by atoms with Crippen molar-refractivity contribution in [1.29, 1.82) is 0 Å². The van der Waals surface area contributed by atoms with Gasteiger partial charge in [0.15, 0.2) is 6.10 Å². The highest BCUT2D eigenvalue weighted by Gasteiger charge is 2.49. The highest BCUT2D eigenvalue weighted by Crippen LogP contribution is 2.36. The fourth-order valence-electron chi connectivity index (χ4n) is 4.67. The Bertz CT molecular complexity index is 1400. The first-order valence-corrected chi connectivity index (χ1v) is 13.8. The number of benzene rings is 2. The third-order valence-electron chi connectivity index (χ3n) is 6.24. The monoisotopic (exact) mass is 517 g/mol. The van der Waals surface area contributed by atoms with E-state index in [1.165, 1.54) is 18.5 Å². The van der Waals surface area contributed by atoms with Crippen LogP contribution in [0.1, 0.15) is 11.3 Å². The van der Waals surface area contributed by atoms with Crippen molar-refractivity contribution in [3.05, 3.63) is 53.7 Å².